The highest BCUT2D eigenvalue weighted by Crippen LogP contribution is 2.30. The highest BCUT2D eigenvalue weighted by atomic mass is 16.5. The molecule has 0 unspecified atom stereocenters. The van der Waals surface area contributed by atoms with Gasteiger partial charge < -0.3 is 19.1 Å². The maximum absolute atomic E-state index is 12.5. The van der Waals surface area contributed by atoms with Crippen molar-refractivity contribution in [3.8, 4) is 11.5 Å². The van der Waals surface area contributed by atoms with E-state index in [0.717, 1.165) is 29.8 Å². The number of hydrogen-bond acceptors (Lipinski definition) is 5. The minimum atomic E-state index is -0.453. The number of anilines is 1. The maximum atomic E-state index is 12.5. The summed E-state index contributed by atoms with van der Waals surface area (Å²) < 4.78 is 15.8. The number of amides is 1. The van der Waals surface area contributed by atoms with Crippen LogP contribution in [0.3, 0.4) is 0 Å². The van der Waals surface area contributed by atoms with Crippen LogP contribution in [0.1, 0.15) is 18.4 Å². The van der Waals surface area contributed by atoms with Crippen molar-refractivity contribution in [2.24, 2.45) is 0 Å². The molecule has 0 bridgehead atoms. The van der Waals surface area contributed by atoms with E-state index < -0.39 is 5.97 Å². The monoisotopic (exact) mass is 369 g/mol. The van der Waals surface area contributed by atoms with E-state index in [0.29, 0.717) is 12.3 Å². The number of fused-ring (bicyclic) bond motifs is 1. The quantitative estimate of drug-likeness (QED) is 0.702. The summed E-state index contributed by atoms with van der Waals surface area (Å²) >= 11 is 0. The summed E-state index contributed by atoms with van der Waals surface area (Å²) in [7, 11) is 1.62. The van der Waals surface area contributed by atoms with Crippen molar-refractivity contribution < 1.29 is 23.8 Å². The van der Waals surface area contributed by atoms with Gasteiger partial charge in [0.05, 0.1) is 20.1 Å². The first-order valence-corrected chi connectivity index (χ1v) is 8.98. The van der Waals surface area contributed by atoms with E-state index in [-0.39, 0.29) is 25.5 Å². The average molecular weight is 369 g/mol. The zero-order valence-corrected chi connectivity index (χ0v) is 15.3. The molecule has 0 aromatic heterocycles. The number of hydrogen-bond donors (Lipinski definition) is 0. The molecule has 1 aliphatic rings. The molecule has 1 amide bonds. The van der Waals surface area contributed by atoms with Crippen LogP contribution in [0.2, 0.25) is 0 Å². The molecule has 0 saturated heterocycles. The lowest BCUT2D eigenvalue weighted by Crippen LogP contribution is -2.38. The summed E-state index contributed by atoms with van der Waals surface area (Å²) in [5, 5.41) is 0. The predicted octanol–water partition coefficient (Wildman–Crippen LogP) is 2.99. The SMILES string of the molecule is COc1ccc2c(c1)CCCN2C(=O)COC(=O)CCOc1ccccc1. The number of benzene rings is 2. The van der Waals surface area contributed by atoms with Crippen molar-refractivity contribution in [2.45, 2.75) is 19.3 Å². The lowest BCUT2D eigenvalue weighted by molar-refractivity contribution is -0.148. The van der Waals surface area contributed by atoms with Crippen molar-refractivity contribution in [1.29, 1.82) is 0 Å². The van der Waals surface area contributed by atoms with Crippen molar-refractivity contribution in [3.05, 3.63) is 54.1 Å². The summed E-state index contributed by atoms with van der Waals surface area (Å²) in [6.45, 7) is 0.561. The molecular formula is C21H23NO5. The van der Waals surface area contributed by atoms with Crippen molar-refractivity contribution >= 4 is 17.6 Å². The minimum absolute atomic E-state index is 0.0932. The van der Waals surface area contributed by atoms with Gasteiger partial charge in [-0.25, -0.2) is 0 Å². The van der Waals surface area contributed by atoms with Gasteiger partial charge in [-0.2, -0.15) is 0 Å². The number of carbonyl (C=O) groups is 2. The lowest BCUT2D eigenvalue weighted by atomic mass is 10.0. The molecule has 6 heteroatoms. The molecule has 1 heterocycles. The number of methoxy groups -OCH3 is 1. The molecule has 3 rings (SSSR count). The van der Waals surface area contributed by atoms with Crippen LogP contribution in [-0.4, -0.2) is 38.7 Å². The van der Waals surface area contributed by atoms with Gasteiger partial charge in [-0.15, -0.1) is 0 Å². The van der Waals surface area contributed by atoms with Gasteiger partial charge in [0.1, 0.15) is 11.5 Å². The van der Waals surface area contributed by atoms with Crippen LogP contribution < -0.4 is 14.4 Å². The maximum Gasteiger partial charge on any atom is 0.309 e. The summed E-state index contributed by atoms with van der Waals surface area (Å²) in [6, 6.07) is 14.9. The number of esters is 1. The number of nitrogens with zero attached hydrogens (tertiary/aromatic N) is 1. The molecule has 0 fully saturated rings. The smallest absolute Gasteiger partial charge is 0.309 e. The van der Waals surface area contributed by atoms with Crippen LogP contribution in [0.5, 0.6) is 11.5 Å². The van der Waals surface area contributed by atoms with Crippen LogP contribution in [0.15, 0.2) is 48.5 Å². The fraction of sp³-hybridized carbons (Fsp3) is 0.333. The van der Waals surface area contributed by atoms with Crippen LogP contribution in [-0.2, 0) is 20.7 Å². The fourth-order valence-electron chi connectivity index (χ4n) is 3.02. The normalized spacial score (nSPS) is 12.9. The molecule has 2 aromatic rings. The third-order valence-electron chi connectivity index (χ3n) is 4.38. The lowest BCUT2D eigenvalue weighted by Gasteiger charge is -2.29. The van der Waals surface area contributed by atoms with Gasteiger partial charge in [-0.3, -0.25) is 9.59 Å². The van der Waals surface area contributed by atoms with Gasteiger partial charge in [0, 0.05) is 12.2 Å². The molecule has 0 aliphatic carbocycles. The minimum Gasteiger partial charge on any atom is -0.497 e. The molecule has 0 spiro atoms. The number of aryl methyl sites for hydroxylation is 1. The Hall–Kier alpha value is -3.02. The Morgan fingerprint density at radius 3 is 2.67 bits per heavy atom. The Labute approximate surface area is 158 Å². The standard InChI is InChI=1S/C21H23NO5/c1-25-18-9-10-19-16(14-18)6-5-12-22(19)20(23)15-27-21(24)11-13-26-17-7-3-2-4-8-17/h2-4,7-10,14H,5-6,11-13,15H2,1H3. The third-order valence-corrected chi connectivity index (χ3v) is 4.38. The molecule has 0 atom stereocenters. The zero-order chi connectivity index (χ0) is 19.1. The van der Waals surface area contributed by atoms with Gasteiger partial charge in [-0.05, 0) is 48.7 Å². The van der Waals surface area contributed by atoms with E-state index in [1.54, 1.807) is 12.0 Å². The first-order chi connectivity index (χ1) is 13.2. The first-order valence-electron chi connectivity index (χ1n) is 8.98. The van der Waals surface area contributed by atoms with E-state index >= 15 is 0 Å². The number of carbonyl (C=O) groups excluding carboxylic acids is 2. The second-order valence-corrected chi connectivity index (χ2v) is 6.22. The highest BCUT2D eigenvalue weighted by Gasteiger charge is 2.23. The fourth-order valence-corrected chi connectivity index (χ4v) is 3.02. The number of rotatable bonds is 7. The Morgan fingerprint density at radius 2 is 1.89 bits per heavy atom. The van der Waals surface area contributed by atoms with E-state index in [1.165, 1.54) is 0 Å². The number of ether oxygens (including phenoxy) is 3. The van der Waals surface area contributed by atoms with Crippen molar-refractivity contribution in [1.82, 2.24) is 0 Å². The van der Waals surface area contributed by atoms with Gasteiger partial charge in [0.25, 0.3) is 5.91 Å². The zero-order valence-electron chi connectivity index (χ0n) is 15.3. The summed E-state index contributed by atoms with van der Waals surface area (Å²) in [4.78, 5) is 26.0. The van der Waals surface area contributed by atoms with E-state index in [1.807, 2.05) is 48.5 Å². The van der Waals surface area contributed by atoms with Gasteiger partial charge >= 0.3 is 5.97 Å². The van der Waals surface area contributed by atoms with Crippen molar-refractivity contribution in [3.63, 3.8) is 0 Å². The summed E-state index contributed by atoms with van der Waals surface area (Å²) in [5.41, 5.74) is 1.92. The Balaban J connectivity index is 1.47. The molecule has 0 saturated carbocycles. The highest BCUT2D eigenvalue weighted by molar-refractivity contribution is 5.96. The van der Waals surface area contributed by atoms with Crippen LogP contribution >= 0.6 is 0 Å². The molecule has 0 radical (unpaired) electrons. The van der Waals surface area contributed by atoms with Gasteiger partial charge in [-0.1, -0.05) is 18.2 Å². The molecule has 27 heavy (non-hydrogen) atoms. The topological polar surface area (TPSA) is 65.1 Å². The van der Waals surface area contributed by atoms with Gasteiger partial charge in [0.15, 0.2) is 6.61 Å². The Kier molecular flexibility index (Phi) is 6.30. The van der Waals surface area contributed by atoms with Gasteiger partial charge in [0.2, 0.25) is 0 Å². The second-order valence-electron chi connectivity index (χ2n) is 6.22. The van der Waals surface area contributed by atoms with Crippen LogP contribution in [0, 0.1) is 0 Å². The summed E-state index contributed by atoms with van der Waals surface area (Å²) in [6.07, 6.45) is 1.85. The third kappa shape index (κ3) is 5.00. The Bertz CT molecular complexity index is 790. The number of para-hydroxylation sites is 1. The van der Waals surface area contributed by atoms with E-state index in [9.17, 15) is 9.59 Å². The molecule has 142 valence electrons. The van der Waals surface area contributed by atoms with Crippen molar-refractivity contribution in [2.75, 3.05) is 31.8 Å². The molecule has 0 N–H and O–H groups in total. The molecule has 1 aliphatic heterocycles. The average Bonchev–Trinajstić information content (AvgIpc) is 2.72. The van der Waals surface area contributed by atoms with E-state index in [2.05, 4.69) is 0 Å². The molecule has 2 aromatic carbocycles. The van der Waals surface area contributed by atoms with Crippen LogP contribution in [0.25, 0.3) is 0 Å². The molecule has 6 nitrogen and oxygen atoms in total. The first kappa shape index (κ1) is 18.8. The predicted molar refractivity (Wildman–Crippen MR) is 101 cm³/mol. The Morgan fingerprint density at radius 1 is 1.07 bits per heavy atom. The molecular weight excluding hydrogens is 346 g/mol. The van der Waals surface area contributed by atoms with Crippen LogP contribution in [0.4, 0.5) is 5.69 Å². The summed E-state index contributed by atoms with van der Waals surface area (Å²) in [5.74, 6) is 0.791. The van der Waals surface area contributed by atoms with E-state index in [4.69, 9.17) is 14.2 Å². The second kappa shape index (κ2) is 9.07. The largest absolute Gasteiger partial charge is 0.497 e.